The Balaban J connectivity index is 1.98. The number of amides is 1. The van der Waals surface area contributed by atoms with Gasteiger partial charge in [-0.3, -0.25) is 0 Å². The van der Waals surface area contributed by atoms with E-state index in [1.165, 1.54) is 23.5 Å². The van der Waals surface area contributed by atoms with E-state index in [1.54, 1.807) is 32.9 Å². The highest BCUT2D eigenvalue weighted by molar-refractivity contribution is 7.14. The summed E-state index contributed by atoms with van der Waals surface area (Å²) in [5.74, 6) is -0.976. The SMILES string of the molecule is CC(C)(C)OC(=O)NCc1nnc(-c2ccc(C(=O)O)cc2)s1. The number of rotatable bonds is 4. The summed E-state index contributed by atoms with van der Waals surface area (Å²) in [6.45, 7) is 5.59. The van der Waals surface area contributed by atoms with Crippen molar-refractivity contribution in [3.05, 3.63) is 34.8 Å². The number of ether oxygens (including phenoxy) is 1. The summed E-state index contributed by atoms with van der Waals surface area (Å²) in [5, 5.41) is 20.8. The normalized spacial score (nSPS) is 11.1. The highest BCUT2D eigenvalue weighted by Gasteiger charge is 2.16. The minimum absolute atomic E-state index is 0.213. The molecule has 2 aromatic rings. The number of hydrogen-bond donors (Lipinski definition) is 2. The van der Waals surface area contributed by atoms with E-state index in [9.17, 15) is 9.59 Å². The molecule has 0 unspecified atom stereocenters. The summed E-state index contributed by atoms with van der Waals surface area (Å²) in [5.41, 5.74) is 0.434. The molecule has 1 heterocycles. The minimum atomic E-state index is -0.976. The van der Waals surface area contributed by atoms with Crippen LogP contribution in [0.25, 0.3) is 10.6 Å². The van der Waals surface area contributed by atoms with Gasteiger partial charge >= 0.3 is 12.1 Å². The topological polar surface area (TPSA) is 101 Å². The Labute approximate surface area is 137 Å². The first-order valence-corrected chi connectivity index (χ1v) is 7.69. The van der Waals surface area contributed by atoms with Gasteiger partial charge in [-0.05, 0) is 32.9 Å². The molecule has 0 fully saturated rings. The number of alkyl carbamates (subject to hydrolysis) is 1. The highest BCUT2D eigenvalue weighted by atomic mass is 32.1. The summed E-state index contributed by atoms with van der Waals surface area (Å²) < 4.78 is 5.14. The lowest BCUT2D eigenvalue weighted by atomic mass is 10.1. The van der Waals surface area contributed by atoms with Crippen molar-refractivity contribution in [2.45, 2.75) is 32.9 Å². The number of benzene rings is 1. The van der Waals surface area contributed by atoms with Gasteiger partial charge in [-0.1, -0.05) is 23.5 Å². The number of nitrogens with zero attached hydrogens (tertiary/aromatic N) is 2. The van der Waals surface area contributed by atoms with Crippen molar-refractivity contribution < 1.29 is 19.4 Å². The van der Waals surface area contributed by atoms with Gasteiger partial charge in [0, 0.05) is 5.56 Å². The molecule has 0 saturated heterocycles. The molecule has 122 valence electrons. The molecule has 0 aliphatic rings. The molecule has 1 amide bonds. The Hall–Kier alpha value is -2.48. The van der Waals surface area contributed by atoms with Crippen LogP contribution in [0.15, 0.2) is 24.3 Å². The molecular weight excluding hydrogens is 318 g/mol. The van der Waals surface area contributed by atoms with Crippen molar-refractivity contribution >= 4 is 23.4 Å². The van der Waals surface area contributed by atoms with E-state index in [0.29, 0.717) is 10.0 Å². The molecule has 0 aliphatic heterocycles. The molecular formula is C15H17N3O4S. The zero-order valence-corrected chi connectivity index (χ0v) is 13.8. The largest absolute Gasteiger partial charge is 0.478 e. The lowest BCUT2D eigenvalue weighted by Gasteiger charge is -2.19. The molecule has 7 nitrogen and oxygen atoms in total. The molecule has 0 aliphatic carbocycles. The van der Waals surface area contributed by atoms with Gasteiger partial charge in [-0.15, -0.1) is 10.2 Å². The van der Waals surface area contributed by atoms with E-state index in [2.05, 4.69) is 15.5 Å². The second-order valence-corrected chi connectivity index (χ2v) is 6.80. The molecule has 2 N–H and O–H groups in total. The van der Waals surface area contributed by atoms with E-state index in [1.807, 2.05) is 0 Å². The first-order valence-electron chi connectivity index (χ1n) is 6.87. The summed E-state index contributed by atoms with van der Waals surface area (Å²) >= 11 is 1.32. The molecule has 0 spiro atoms. The molecule has 2 rings (SSSR count). The second-order valence-electron chi connectivity index (χ2n) is 5.74. The first-order chi connectivity index (χ1) is 10.7. The standard InChI is InChI=1S/C15H17N3O4S/c1-15(2,3)22-14(21)16-8-11-17-18-12(23-11)9-4-6-10(7-5-9)13(19)20/h4-7H,8H2,1-3H3,(H,16,21)(H,19,20). The van der Waals surface area contributed by atoms with Crippen molar-refractivity contribution in [1.29, 1.82) is 0 Å². The molecule has 0 bridgehead atoms. The predicted molar refractivity (Wildman–Crippen MR) is 85.4 cm³/mol. The Morgan fingerprint density at radius 1 is 1.22 bits per heavy atom. The molecule has 1 aromatic heterocycles. The number of carboxylic acids is 1. The van der Waals surface area contributed by atoms with Crippen LogP contribution in [0.3, 0.4) is 0 Å². The quantitative estimate of drug-likeness (QED) is 0.891. The van der Waals surface area contributed by atoms with Crippen molar-refractivity contribution in [2.75, 3.05) is 0 Å². The smallest absolute Gasteiger partial charge is 0.408 e. The molecule has 0 saturated carbocycles. The third kappa shape index (κ3) is 5.03. The molecule has 8 heteroatoms. The lowest BCUT2D eigenvalue weighted by Crippen LogP contribution is -2.32. The van der Waals surface area contributed by atoms with E-state index < -0.39 is 17.7 Å². The first kappa shape index (κ1) is 16.9. The Morgan fingerprint density at radius 2 is 1.87 bits per heavy atom. The van der Waals surface area contributed by atoms with Crippen LogP contribution in [0.4, 0.5) is 4.79 Å². The molecule has 0 atom stereocenters. The van der Waals surface area contributed by atoms with E-state index in [4.69, 9.17) is 9.84 Å². The molecule has 1 aromatic carbocycles. The maximum Gasteiger partial charge on any atom is 0.408 e. The maximum atomic E-state index is 11.6. The van der Waals surface area contributed by atoms with Crippen molar-refractivity contribution in [2.24, 2.45) is 0 Å². The fraction of sp³-hybridized carbons (Fsp3) is 0.333. The van der Waals surface area contributed by atoms with Gasteiger partial charge in [0.25, 0.3) is 0 Å². The maximum absolute atomic E-state index is 11.6. The fourth-order valence-corrected chi connectivity index (χ4v) is 2.44. The van der Waals surface area contributed by atoms with Crippen molar-refractivity contribution in [3.8, 4) is 10.6 Å². The number of hydrogen-bond acceptors (Lipinski definition) is 6. The Bertz CT molecular complexity index is 704. The number of aromatic nitrogens is 2. The third-order valence-corrected chi connectivity index (χ3v) is 3.60. The Morgan fingerprint density at radius 3 is 2.43 bits per heavy atom. The predicted octanol–water partition coefficient (Wildman–Crippen LogP) is 2.93. The zero-order valence-electron chi connectivity index (χ0n) is 13.0. The summed E-state index contributed by atoms with van der Waals surface area (Å²) in [6, 6.07) is 6.37. The van der Waals surface area contributed by atoms with Crippen LogP contribution in [-0.2, 0) is 11.3 Å². The molecule has 0 radical (unpaired) electrons. The van der Waals surface area contributed by atoms with Gasteiger partial charge < -0.3 is 15.2 Å². The highest BCUT2D eigenvalue weighted by Crippen LogP contribution is 2.23. The van der Waals surface area contributed by atoms with Gasteiger partial charge in [-0.2, -0.15) is 0 Å². The number of aromatic carboxylic acids is 1. The van der Waals surface area contributed by atoms with Gasteiger partial charge in [-0.25, -0.2) is 9.59 Å². The Kier molecular flexibility index (Phi) is 4.95. The van der Waals surface area contributed by atoms with E-state index in [0.717, 1.165) is 5.56 Å². The van der Waals surface area contributed by atoms with Crippen LogP contribution in [0, 0.1) is 0 Å². The second kappa shape index (κ2) is 6.74. The van der Waals surface area contributed by atoms with Gasteiger partial charge in [0.15, 0.2) is 0 Å². The van der Waals surface area contributed by atoms with Crippen molar-refractivity contribution in [1.82, 2.24) is 15.5 Å². The number of nitrogens with one attached hydrogen (secondary N) is 1. The summed E-state index contributed by atoms with van der Waals surface area (Å²) in [6.07, 6.45) is -0.514. The van der Waals surface area contributed by atoms with Crippen molar-refractivity contribution in [3.63, 3.8) is 0 Å². The zero-order chi connectivity index (χ0) is 17.0. The molecule has 23 heavy (non-hydrogen) atoms. The van der Waals surface area contributed by atoms with Crippen LogP contribution >= 0.6 is 11.3 Å². The van der Waals surface area contributed by atoms with Crippen LogP contribution in [0.2, 0.25) is 0 Å². The van der Waals surface area contributed by atoms with Crippen LogP contribution in [0.5, 0.6) is 0 Å². The van der Waals surface area contributed by atoms with E-state index in [-0.39, 0.29) is 12.1 Å². The fourth-order valence-electron chi connectivity index (χ4n) is 1.66. The summed E-state index contributed by atoms with van der Waals surface area (Å²) in [7, 11) is 0. The average Bonchev–Trinajstić information content (AvgIpc) is 2.92. The van der Waals surface area contributed by atoms with Crippen LogP contribution < -0.4 is 5.32 Å². The van der Waals surface area contributed by atoms with Crippen LogP contribution in [-0.4, -0.2) is 33.0 Å². The van der Waals surface area contributed by atoms with Gasteiger partial charge in [0.05, 0.1) is 12.1 Å². The number of carboxylic acid groups (broad SMARTS) is 1. The van der Waals surface area contributed by atoms with Gasteiger partial charge in [0.2, 0.25) is 0 Å². The minimum Gasteiger partial charge on any atom is -0.478 e. The van der Waals surface area contributed by atoms with Crippen LogP contribution in [0.1, 0.15) is 36.1 Å². The monoisotopic (exact) mass is 335 g/mol. The lowest BCUT2D eigenvalue weighted by molar-refractivity contribution is 0.0522. The van der Waals surface area contributed by atoms with E-state index >= 15 is 0 Å². The average molecular weight is 335 g/mol. The number of carbonyl (C=O) groups excluding carboxylic acids is 1. The van der Waals surface area contributed by atoms with Gasteiger partial charge in [0.1, 0.15) is 15.6 Å². The third-order valence-electron chi connectivity index (χ3n) is 2.63. The summed E-state index contributed by atoms with van der Waals surface area (Å²) in [4.78, 5) is 22.4. The number of carbonyl (C=O) groups is 2.